The van der Waals surface area contributed by atoms with Crippen LogP contribution < -0.4 is 4.90 Å². The molecule has 1 aliphatic rings. The summed E-state index contributed by atoms with van der Waals surface area (Å²) < 4.78 is 13.9. The summed E-state index contributed by atoms with van der Waals surface area (Å²) in [6.07, 6.45) is 0. The van der Waals surface area contributed by atoms with Crippen LogP contribution in [0.1, 0.15) is 10.9 Å². The molecule has 1 N–H and O–H groups in total. The molecule has 1 fully saturated rings. The molecular formula is C15H12FNO2S. The third-order valence-corrected chi connectivity index (χ3v) is 4.38. The number of carbonyl (C=O) groups excluding carboxylic acids is 1. The molecule has 1 atom stereocenters. The van der Waals surface area contributed by atoms with Gasteiger partial charge in [0, 0.05) is 5.56 Å². The molecule has 2 aromatic carbocycles. The number of hydrogen-bond acceptors (Lipinski definition) is 3. The summed E-state index contributed by atoms with van der Waals surface area (Å²) in [5, 5.41) is 9.54. The number of amides is 1. The van der Waals surface area contributed by atoms with E-state index in [1.165, 1.54) is 22.7 Å². The molecule has 0 radical (unpaired) electrons. The van der Waals surface area contributed by atoms with Crippen molar-refractivity contribution in [1.29, 1.82) is 0 Å². The molecule has 3 rings (SSSR count). The van der Waals surface area contributed by atoms with E-state index < -0.39 is 11.2 Å². The Balaban J connectivity index is 2.06. The topological polar surface area (TPSA) is 40.5 Å². The van der Waals surface area contributed by atoms with Crippen molar-refractivity contribution in [3.8, 4) is 5.75 Å². The van der Waals surface area contributed by atoms with Crippen molar-refractivity contribution in [2.45, 2.75) is 5.37 Å². The average molecular weight is 289 g/mol. The summed E-state index contributed by atoms with van der Waals surface area (Å²) in [5.41, 5.74) is 0.863. The molecule has 1 heterocycles. The van der Waals surface area contributed by atoms with Gasteiger partial charge in [-0.15, -0.1) is 11.8 Å². The zero-order valence-electron chi connectivity index (χ0n) is 10.5. The molecule has 5 heteroatoms. The number of anilines is 1. The Bertz CT molecular complexity index is 662. The maximum absolute atomic E-state index is 13.9. The van der Waals surface area contributed by atoms with E-state index >= 15 is 0 Å². The van der Waals surface area contributed by atoms with Crippen molar-refractivity contribution < 1.29 is 14.3 Å². The number of nitrogens with zero attached hydrogens (tertiary/aromatic N) is 1. The molecule has 0 aromatic heterocycles. The van der Waals surface area contributed by atoms with E-state index in [2.05, 4.69) is 0 Å². The summed E-state index contributed by atoms with van der Waals surface area (Å²) in [6.45, 7) is 0. The van der Waals surface area contributed by atoms with Crippen LogP contribution in [0.15, 0.2) is 48.5 Å². The van der Waals surface area contributed by atoms with Crippen molar-refractivity contribution in [3.63, 3.8) is 0 Å². The third kappa shape index (κ3) is 2.14. The molecule has 0 unspecified atom stereocenters. The lowest BCUT2D eigenvalue weighted by Gasteiger charge is -2.25. The molecule has 1 saturated heterocycles. The van der Waals surface area contributed by atoms with Gasteiger partial charge in [0.1, 0.15) is 16.9 Å². The van der Waals surface area contributed by atoms with Gasteiger partial charge in [-0.2, -0.15) is 0 Å². The number of benzene rings is 2. The largest absolute Gasteiger partial charge is 0.508 e. The molecule has 1 aliphatic heterocycles. The lowest BCUT2D eigenvalue weighted by atomic mass is 10.1. The smallest absolute Gasteiger partial charge is 0.238 e. The first-order valence-corrected chi connectivity index (χ1v) is 7.19. The van der Waals surface area contributed by atoms with Crippen molar-refractivity contribution in [2.75, 3.05) is 10.7 Å². The minimum Gasteiger partial charge on any atom is -0.508 e. The fourth-order valence-electron chi connectivity index (χ4n) is 2.26. The van der Waals surface area contributed by atoms with Crippen LogP contribution in [0.4, 0.5) is 10.1 Å². The van der Waals surface area contributed by atoms with Crippen LogP contribution in [0.2, 0.25) is 0 Å². The van der Waals surface area contributed by atoms with E-state index in [1.54, 1.807) is 42.5 Å². The van der Waals surface area contributed by atoms with Crippen LogP contribution in [0.3, 0.4) is 0 Å². The summed E-state index contributed by atoms with van der Waals surface area (Å²) in [7, 11) is 0. The molecule has 20 heavy (non-hydrogen) atoms. The SMILES string of the molecule is O=C1CS[C@@H](c2ccccc2O)N1c1ccccc1F. The van der Waals surface area contributed by atoms with E-state index in [1.807, 2.05) is 0 Å². The highest BCUT2D eigenvalue weighted by Gasteiger charge is 2.36. The highest BCUT2D eigenvalue weighted by Crippen LogP contribution is 2.44. The number of halogens is 1. The average Bonchev–Trinajstić information content (AvgIpc) is 2.82. The van der Waals surface area contributed by atoms with Crippen LogP contribution in [-0.2, 0) is 4.79 Å². The zero-order valence-corrected chi connectivity index (χ0v) is 11.3. The summed E-state index contributed by atoms with van der Waals surface area (Å²) in [5.74, 6) is -0.217. The van der Waals surface area contributed by atoms with E-state index in [0.29, 0.717) is 5.56 Å². The van der Waals surface area contributed by atoms with Crippen molar-refractivity contribution in [3.05, 3.63) is 59.9 Å². The van der Waals surface area contributed by atoms with Crippen molar-refractivity contribution in [2.24, 2.45) is 0 Å². The minimum atomic E-state index is -0.441. The van der Waals surface area contributed by atoms with Crippen LogP contribution in [0.25, 0.3) is 0 Å². The quantitative estimate of drug-likeness (QED) is 0.922. The minimum absolute atomic E-state index is 0.112. The summed E-state index contributed by atoms with van der Waals surface area (Å²) >= 11 is 1.38. The maximum atomic E-state index is 13.9. The Morgan fingerprint density at radius 1 is 1.15 bits per heavy atom. The fraction of sp³-hybridized carbons (Fsp3) is 0.133. The number of aromatic hydroxyl groups is 1. The summed E-state index contributed by atoms with van der Waals surface area (Å²) in [6, 6.07) is 13.0. The van der Waals surface area contributed by atoms with Crippen molar-refractivity contribution >= 4 is 23.4 Å². The van der Waals surface area contributed by atoms with E-state index in [-0.39, 0.29) is 23.1 Å². The zero-order chi connectivity index (χ0) is 14.1. The number of para-hydroxylation sites is 2. The number of hydrogen-bond donors (Lipinski definition) is 1. The first-order chi connectivity index (χ1) is 9.68. The van der Waals surface area contributed by atoms with Gasteiger partial charge in [0.2, 0.25) is 5.91 Å². The van der Waals surface area contributed by atoms with Gasteiger partial charge >= 0.3 is 0 Å². The molecule has 1 amide bonds. The number of rotatable bonds is 2. The van der Waals surface area contributed by atoms with Crippen LogP contribution in [-0.4, -0.2) is 16.8 Å². The molecule has 0 saturated carbocycles. The Labute approximate surface area is 120 Å². The van der Waals surface area contributed by atoms with Gasteiger partial charge < -0.3 is 5.11 Å². The predicted molar refractivity (Wildman–Crippen MR) is 77.2 cm³/mol. The summed E-state index contributed by atoms with van der Waals surface area (Å²) in [4.78, 5) is 13.5. The Morgan fingerprint density at radius 2 is 1.85 bits per heavy atom. The normalized spacial score (nSPS) is 18.6. The second-order valence-electron chi connectivity index (χ2n) is 4.44. The molecular weight excluding hydrogens is 277 g/mol. The third-order valence-electron chi connectivity index (χ3n) is 3.18. The van der Waals surface area contributed by atoms with E-state index in [0.717, 1.165) is 0 Å². The molecule has 0 bridgehead atoms. The number of phenolic OH excluding ortho intramolecular Hbond substituents is 1. The standard InChI is InChI=1S/C15H12FNO2S/c16-11-6-2-3-7-12(11)17-14(19)9-20-15(17)10-5-1-4-8-13(10)18/h1-8,15,18H,9H2/t15-/m0/s1. The van der Waals surface area contributed by atoms with Gasteiger partial charge in [-0.05, 0) is 18.2 Å². The second kappa shape index (κ2) is 5.17. The van der Waals surface area contributed by atoms with Crippen LogP contribution in [0, 0.1) is 5.82 Å². The van der Waals surface area contributed by atoms with E-state index in [4.69, 9.17) is 0 Å². The molecule has 0 spiro atoms. The Morgan fingerprint density at radius 3 is 2.60 bits per heavy atom. The van der Waals surface area contributed by atoms with E-state index in [9.17, 15) is 14.3 Å². The van der Waals surface area contributed by atoms with Gasteiger partial charge in [-0.3, -0.25) is 9.69 Å². The monoisotopic (exact) mass is 289 g/mol. The van der Waals surface area contributed by atoms with Gasteiger partial charge in [0.15, 0.2) is 0 Å². The highest BCUT2D eigenvalue weighted by atomic mass is 32.2. The van der Waals surface area contributed by atoms with Crippen LogP contribution >= 0.6 is 11.8 Å². The second-order valence-corrected chi connectivity index (χ2v) is 5.51. The van der Waals surface area contributed by atoms with Gasteiger partial charge in [-0.25, -0.2) is 4.39 Å². The van der Waals surface area contributed by atoms with Gasteiger partial charge in [0.25, 0.3) is 0 Å². The molecule has 3 nitrogen and oxygen atoms in total. The maximum Gasteiger partial charge on any atom is 0.238 e. The lowest BCUT2D eigenvalue weighted by Crippen LogP contribution is -2.28. The van der Waals surface area contributed by atoms with Crippen molar-refractivity contribution in [1.82, 2.24) is 0 Å². The first-order valence-electron chi connectivity index (χ1n) is 6.14. The number of thioether (sulfide) groups is 1. The van der Waals surface area contributed by atoms with Gasteiger partial charge in [0.05, 0.1) is 11.4 Å². The Hall–Kier alpha value is -2.01. The number of phenols is 1. The molecule has 0 aliphatic carbocycles. The molecule has 102 valence electrons. The van der Waals surface area contributed by atoms with Crippen LogP contribution in [0.5, 0.6) is 5.75 Å². The lowest BCUT2D eigenvalue weighted by molar-refractivity contribution is -0.115. The predicted octanol–water partition coefficient (Wildman–Crippen LogP) is 3.31. The number of carbonyl (C=O) groups is 1. The highest BCUT2D eigenvalue weighted by molar-refractivity contribution is 8.00. The molecule has 2 aromatic rings. The fourth-order valence-corrected chi connectivity index (χ4v) is 3.46. The van der Waals surface area contributed by atoms with Gasteiger partial charge in [-0.1, -0.05) is 30.3 Å². The Kier molecular flexibility index (Phi) is 3.36. The first kappa shape index (κ1) is 13.0.